The molecule has 0 saturated carbocycles. The van der Waals surface area contributed by atoms with Gasteiger partial charge in [0.05, 0.1) is 0 Å². The molecule has 0 atom stereocenters. The van der Waals surface area contributed by atoms with E-state index in [4.69, 9.17) is 9.05 Å². The minimum atomic E-state index is -1.97. The van der Waals surface area contributed by atoms with Gasteiger partial charge in [0.1, 0.15) is 13.2 Å². The first kappa shape index (κ1) is 18.8. The average molecular weight is 345 g/mol. The lowest BCUT2D eigenvalue weighted by molar-refractivity contribution is 0.219. The Hall–Kier alpha value is -1.54. The van der Waals surface area contributed by atoms with Crippen molar-refractivity contribution in [3.05, 3.63) is 71.8 Å². The van der Waals surface area contributed by atoms with Crippen LogP contribution in [0.2, 0.25) is 0 Å². The van der Waals surface area contributed by atoms with E-state index in [0.717, 1.165) is 38.5 Å². The number of benzene rings is 2. The lowest BCUT2D eigenvalue weighted by atomic mass is 10.1. The van der Waals surface area contributed by atoms with Gasteiger partial charge in [0.2, 0.25) is 0 Å². The van der Waals surface area contributed by atoms with Crippen LogP contribution in [0.3, 0.4) is 0 Å². The molecule has 0 bridgehead atoms. The van der Waals surface area contributed by atoms with Crippen LogP contribution in [0.15, 0.2) is 60.7 Å². The molecule has 24 heavy (non-hydrogen) atoms. The SMILES string of the molecule is O=[P+](OCCCCc1ccccc1)OCCCCc1ccccc1. The molecule has 0 aliphatic heterocycles. The van der Waals surface area contributed by atoms with Crippen LogP contribution in [0.5, 0.6) is 0 Å². The Morgan fingerprint density at radius 2 is 1.04 bits per heavy atom. The highest BCUT2D eigenvalue weighted by atomic mass is 31.1. The van der Waals surface area contributed by atoms with Crippen molar-refractivity contribution in [2.75, 3.05) is 13.2 Å². The Labute approximate surface area is 146 Å². The van der Waals surface area contributed by atoms with Gasteiger partial charge in [-0.2, -0.15) is 0 Å². The van der Waals surface area contributed by atoms with E-state index in [1.807, 2.05) is 36.4 Å². The zero-order valence-corrected chi connectivity index (χ0v) is 15.0. The van der Waals surface area contributed by atoms with Crippen LogP contribution < -0.4 is 0 Å². The van der Waals surface area contributed by atoms with Crippen LogP contribution in [0.1, 0.15) is 36.8 Å². The van der Waals surface area contributed by atoms with Crippen LogP contribution in [0, 0.1) is 0 Å². The van der Waals surface area contributed by atoms with Crippen molar-refractivity contribution in [3.63, 3.8) is 0 Å². The van der Waals surface area contributed by atoms with Gasteiger partial charge in [-0.25, -0.2) is 0 Å². The fraction of sp³-hybridized carbons (Fsp3) is 0.400. The molecule has 0 aliphatic rings. The highest BCUT2D eigenvalue weighted by Crippen LogP contribution is 2.24. The summed E-state index contributed by atoms with van der Waals surface area (Å²) in [5.41, 5.74) is 2.66. The summed E-state index contributed by atoms with van der Waals surface area (Å²) in [7, 11) is -1.97. The lowest BCUT2D eigenvalue weighted by Gasteiger charge is -1.99. The van der Waals surface area contributed by atoms with Crippen LogP contribution in [-0.2, 0) is 26.5 Å². The zero-order valence-electron chi connectivity index (χ0n) is 14.1. The second kappa shape index (κ2) is 11.9. The Balaban J connectivity index is 1.42. The number of hydrogen-bond acceptors (Lipinski definition) is 3. The summed E-state index contributed by atoms with van der Waals surface area (Å²) in [5, 5.41) is 0. The van der Waals surface area contributed by atoms with Crippen molar-refractivity contribution in [2.45, 2.75) is 38.5 Å². The maximum Gasteiger partial charge on any atom is 0.697 e. The summed E-state index contributed by atoms with van der Waals surface area (Å²) < 4.78 is 22.1. The molecule has 0 spiro atoms. The number of aryl methyl sites for hydroxylation is 2. The third-order valence-corrected chi connectivity index (χ3v) is 4.59. The van der Waals surface area contributed by atoms with Crippen molar-refractivity contribution < 1.29 is 13.6 Å². The molecule has 4 heteroatoms. The van der Waals surface area contributed by atoms with Gasteiger partial charge in [-0.3, -0.25) is 0 Å². The van der Waals surface area contributed by atoms with Gasteiger partial charge < -0.3 is 0 Å². The number of rotatable bonds is 12. The highest BCUT2D eigenvalue weighted by molar-refractivity contribution is 7.33. The Kier molecular flexibility index (Phi) is 9.33. The fourth-order valence-corrected chi connectivity index (χ4v) is 3.10. The maximum absolute atomic E-state index is 11.6. The summed E-state index contributed by atoms with van der Waals surface area (Å²) in [6, 6.07) is 20.7. The van der Waals surface area contributed by atoms with Gasteiger partial charge in [0.25, 0.3) is 0 Å². The Morgan fingerprint density at radius 1 is 0.625 bits per heavy atom. The molecule has 2 aromatic rings. The molecule has 128 valence electrons. The largest absolute Gasteiger partial charge is 0.697 e. The molecule has 2 aromatic carbocycles. The molecule has 0 saturated heterocycles. The second-order valence-electron chi connectivity index (χ2n) is 5.78. The fourth-order valence-electron chi connectivity index (χ4n) is 2.47. The molecule has 0 N–H and O–H groups in total. The molecule has 0 aliphatic carbocycles. The van der Waals surface area contributed by atoms with E-state index in [1.54, 1.807) is 0 Å². The smallest absolute Gasteiger partial charge is 0.119 e. The van der Waals surface area contributed by atoms with Gasteiger partial charge in [-0.1, -0.05) is 60.7 Å². The molecule has 0 amide bonds. The maximum atomic E-state index is 11.6. The molecule has 3 nitrogen and oxygen atoms in total. The molecule has 2 rings (SSSR count). The summed E-state index contributed by atoms with van der Waals surface area (Å²) in [4.78, 5) is 0. The van der Waals surface area contributed by atoms with E-state index < -0.39 is 8.25 Å². The van der Waals surface area contributed by atoms with Crippen LogP contribution >= 0.6 is 8.25 Å². The first-order valence-corrected chi connectivity index (χ1v) is 9.75. The summed E-state index contributed by atoms with van der Waals surface area (Å²) in [5.74, 6) is 0. The first-order chi connectivity index (χ1) is 11.8. The van der Waals surface area contributed by atoms with Gasteiger partial charge in [0.15, 0.2) is 0 Å². The predicted octanol–water partition coefficient (Wildman–Crippen LogP) is 5.72. The molecule has 0 heterocycles. The molecule has 0 unspecified atom stereocenters. The van der Waals surface area contributed by atoms with Crippen molar-refractivity contribution in [1.29, 1.82) is 0 Å². The molecule has 0 aromatic heterocycles. The third-order valence-electron chi connectivity index (χ3n) is 3.80. The van der Waals surface area contributed by atoms with Gasteiger partial charge >= 0.3 is 8.25 Å². The summed E-state index contributed by atoms with van der Waals surface area (Å²) >= 11 is 0. The standard InChI is InChI=1S/C20H26O3P/c21-24(22-17-9-7-15-19-11-3-1-4-12-19)23-18-10-8-16-20-13-5-2-6-14-20/h1-6,11-14H,7-10,15-18H2/q+1. The van der Waals surface area contributed by atoms with E-state index in [0.29, 0.717) is 13.2 Å². The highest BCUT2D eigenvalue weighted by Gasteiger charge is 2.18. The summed E-state index contributed by atoms with van der Waals surface area (Å²) in [6.45, 7) is 0.984. The zero-order chi connectivity index (χ0) is 16.9. The van der Waals surface area contributed by atoms with Crippen LogP contribution in [-0.4, -0.2) is 13.2 Å². The quantitative estimate of drug-likeness (QED) is 0.364. The van der Waals surface area contributed by atoms with Crippen LogP contribution in [0.25, 0.3) is 0 Å². The van der Waals surface area contributed by atoms with Crippen molar-refractivity contribution in [3.8, 4) is 0 Å². The van der Waals surface area contributed by atoms with E-state index in [2.05, 4.69) is 24.3 Å². The van der Waals surface area contributed by atoms with Crippen molar-refractivity contribution in [1.82, 2.24) is 0 Å². The lowest BCUT2D eigenvalue weighted by Crippen LogP contribution is -1.94. The minimum absolute atomic E-state index is 0.492. The van der Waals surface area contributed by atoms with Crippen LogP contribution in [0.4, 0.5) is 0 Å². The molecular weight excluding hydrogens is 319 g/mol. The first-order valence-electron chi connectivity index (χ1n) is 8.65. The van der Waals surface area contributed by atoms with Gasteiger partial charge in [-0.05, 0) is 49.7 Å². The topological polar surface area (TPSA) is 35.5 Å². The second-order valence-corrected chi connectivity index (χ2v) is 6.74. The normalized spacial score (nSPS) is 10.7. The third kappa shape index (κ3) is 8.35. The minimum Gasteiger partial charge on any atom is -0.119 e. The van der Waals surface area contributed by atoms with E-state index >= 15 is 0 Å². The van der Waals surface area contributed by atoms with E-state index in [-0.39, 0.29) is 0 Å². The van der Waals surface area contributed by atoms with Gasteiger partial charge in [-0.15, -0.1) is 9.05 Å². The number of unbranched alkanes of at least 4 members (excludes halogenated alkanes) is 2. The van der Waals surface area contributed by atoms with E-state index in [9.17, 15) is 4.57 Å². The van der Waals surface area contributed by atoms with E-state index in [1.165, 1.54) is 11.1 Å². The molecular formula is C20H26O3P+. The number of hydrogen-bond donors (Lipinski definition) is 0. The predicted molar refractivity (Wildman–Crippen MR) is 98.3 cm³/mol. The Bertz CT molecular complexity index is 520. The molecule has 0 fully saturated rings. The van der Waals surface area contributed by atoms with Crippen molar-refractivity contribution in [2.24, 2.45) is 0 Å². The summed E-state index contributed by atoms with van der Waals surface area (Å²) in [6.07, 6.45) is 5.91. The Morgan fingerprint density at radius 3 is 1.46 bits per heavy atom. The molecule has 0 radical (unpaired) electrons. The average Bonchev–Trinajstić information content (AvgIpc) is 2.63. The van der Waals surface area contributed by atoms with Crippen molar-refractivity contribution >= 4 is 8.25 Å². The van der Waals surface area contributed by atoms with Gasteiger partial charge in [0, 0.05) is 4.57 Å². The monoisotopic (exact) mass is 345 g/mol.